The van der Waals surface area contributed by atoms with E-state index in [9.17, 15) is 0 Å². The number of ether oxygens (including phenoxy) is 1. The number of aliphatic imine (C=N–C) groups is 1. The number of piperazine rings is 1. The molecule has 0 aliphatic carbocycles. The average molecular weight is 390 g/mol. The first-order valence-corrected chi connectivity index (χ1v) is 10.8. The summed E-state index contributed by atoms with van der Waals surface area (Å²) in [5.41, 5.74) is 2.69. The summed E-state index contributed by atoms with van der Waals surface area (Å²) in [4.78, 5) is 9.37. The maximum absolute atomic E-state index is 5.36. The Bertz CT molecular complexity index is 570. The number of unbranched alkanes of at least 4 members (excludes halogenated alkanes) is 1. The summed E-state index contributed by atoms with van der Waals surface area (Å²) < 4.78 is 5.36. The van der Waals surface area contributed by atoms with Crippen LogP contribution in [0.4, 0.5) is 5.69 Å². The van der Waals surface area contributed by atoms with Crippen molar-refractivity contribution in [3.05, 3.63) is 29.8 Å². The van der Waals surface area contributed by atoms with Crippen LogP contribution in [0.15, 0.2) is 29.3 Å². The molecular weight excluding hydrogens is 350 g/mol. The summed E-state index contributed by atoms with van der Waals surface area (Å²) in [5.74, 6) is 0.903. The van der Waals surface area contributed by atoms with Gasteiger partial charge in [0.2, 0.25) is 0 Å². The number of nitrogens with one attached hydrogen (secondary N) is 2. The number of rotatable bonds is 11. The lowest BCUT2D eigenvalue weighted by atomic mass is 10.2. The largest absolute Gasteiger partial charge is 0.382 e. The fraction of sp³-hybridized carbons (Fsp3) is 0.682. The average Bonchev–Trinajstić information content (AvgIpc) is 2.72. The van der Waals surface area contributed by atoms with E-state index in [1.165, 1.54) is 11.3 Å². The molecule has 28 heavy (non-hydrogen) atoms. The zero-order valence-corrected chi connectivity index (χ0v) is 18.0. The molecule has 1 aliphatic rings. The van der Waals surface area contributed by atoms with Gasteiger partial charge in [-0.05, 0) is 57.4 Å². The summed E-state index contributed by atoms with van der Waals surface area (Å²) in [6, 6.07) is 8.83. The summed E-state index contributed by atoms with van der Waals surface area (Å²) in [5, 5.41) is 6.80. The fourth-order valence-corrected chi connectivity index (χ4v) is 3.46. The van der Waals surface area contributed by atoms with E-state index < -0.39 is 0 Å². The molecule has 0 bridgehead atoms. The molecule has 0 radical (unpaired) electrons. The van der Waals surface area contributed by atoms with Crippen LogP contribution in [0.2, 0.25) is 0 Å². The van der Waals surface area contributed by atoms with E-state index in [-0.39, 0.29) is 0 Å². The smallest absolute Gasteiger partial charge is 0.190 e. The lowest BCUT2D eigenvalue weighted by molar-refractivity contribution is 0.143. The molecule has 0 unspecified atom stereocenters. The third-order valence-electron chi connectivity index (χ3n) is 5.12. The molecule has 1 saturated heterocycles. The second kappa shape index (κ2) is 13.4. The molecule has 0 saturated carbocycles. The minimum atomic E-state index is 0.803. The number of anilines is 1. The van der Waals surface area contributed by atoms with Crippen LogP contribution >= 0.6 is 0 Å². The van der Waals surface area contributed by atoms with Gasteiger partial charge in [0.15, 0.2) is 5.96 Å². The molecule has 1 aliphatic heterocycles. The molecule has 0 amide bonds. The summed E-state index contributed by atoms with van der Waals surface area (Å²) in [7, 11) is 1.83. The van der Waals surface area contributed by atoms with Gasteiger partial charge < -0.3 is 20.3 Å². The van der Waals surface area contributed by atoms with Crippen molar-refractivity contribution in [3.8, 4) is 0 Å². The van der Waals surface area contributed by atoms with Crippen LogP contribution in [0.1, 0.15) is 31.7 Å². The van der Waals surface area contributed by atoms with Crippen molar-refractivity contribution in [1.82, 2.24) is 15.5 Å². The van der Waals surface area contributed by atoms with E-state index in [0.29, 0.717) is 0 Å². The van der Waals surface area contributed by atoms with Crippen LogP contribution in [0.25, 0.3) is 0 Å². The van der Waals surface area contributed by atoms with E-state index in [1.54, 1.807) is 0 Å². The second-order valence-corrected chi connectivity index (χ2v) is 7.35. The normalized spacial score (nSPS) is 15.7. The van der Waals surface area contributed by atoms with Crippen LogP contribution < -0.4 is 15.5 Å². The van der Waals surface area contributed by atoms with Crippen molar-refractivity contribution in [3.63, 3.8) is 0 Å². The van der Waals surface area contributed by atoms with E-state index in [1.807, 2.05) is 14.0 Å². The third-order valence-corrected chi connectivity index (χ3v) is 5.12. The molecule has 2 N–H and O–H groups in total. The first-order chi connectivity index (χ1) is 13.7. The van der Waals surface area contributed by atoms with Gasteiger partial charge in [0, 0.05) is 65.2 Å². The number of hydrogen-bond acceptors (Lipinski definition) is 4. The van der Waals surface area contributed by atoms with Crippen LogP contribution in [0, 0.1) is 6.92 Å². The van der Waals surface area contributed by atoms with Gasteiger partial charge in [0.25, 0.3) is 0 Å². The molecule has 0 atom stereocenters. The Morgan fingerprint density at radius 2 is 1.82 bits per heavy atom. The van der Waals surface area contributed by atoms with Crippen LogP contribution in [0.3, 0.4) is 0 Å². The van der Waals surface area contributed by atoms with Gasteiger partial charge in [-0.3, -0.25) is 9.89 Å². The Hall–Kier alpha value is -1.79. The summed E-state index contributed by atoms with van der Waals surface area (Å²) >= 11 is 0. The predicted octanol–water partition coefficient (Wildman–Crippen LogP) is 2.49. The van der Waals surface area contributed by atoms with E-state index in [4.69, 9.17) is 4.74 Å². The molecule has 0 spiro atoms. The number of benzene rings is 1. The lowest BCUT2D eigenvalue weighted by Crippen LogP contribution is -2.47. The predicted molar refractivity (Wildman–Crippen MR) is 120 cm³/mol. The zero-order chi connectivity index (χ0) is 20.0. The Kier molecular flexibility index (Phi) is 10.8. The Labute approximate surface area is 171 Å². The molecule has 6 nitrogen and oxygen atoms in total. The molecule has 1 heterocycles. The standard InChI is InChI=1S/C22H39N5O/c1-4-28-18-6-5-11-24-22(23-3)25-12-8-13-26-14-16-27(17-15-26)21-10-7-9-20(2)19-21/h7,9-10,19H,4-6,8,11-18H2,1-3H3,(H2,23,24,25). The molecule has 1 fully saturated rings. The second-order valence-electron chi connectivity index (χ2n) is 7.35. The Balaban J connectivity index is 1.54. The van der Waals surface area contributed by atoms with Gasteiger partial charge in [-0.25, -0.2) is 0 Å². The molecule has 158 valence electrons. The molecule has 0 aromatic heterocycles. The van der Waals surface area contributed by atoms with Gasteiger partial charge in [-0.1, -0.05) is 12.1 Å². The zero-order valence-electron chi connectivity index (χ0n) is 18.0. The summed E-state index contributed by atoms with van der Waals surface area (Å²) in [6.07, 6.45) is 3.33. The van der Waals surface area contributed by atoms with E-state index >= 15 is 0 Å². The molecule has 6 heteroatoms. The minimum absolute atomic E-state index is 0.803. The maximum Gasteiger partial charge on any atom is 0.190 e. The minimum Gasteiger partial charge on any atom is -0.382 e. The molecular formula is C22H39N5O. The number of nitrogens with zero attached hydrogens (tertiary/aromatic N) is 3. The maximum atomic E-state index is 5.36. The summed E-state index contributed by atoms with van der Waals surface area (Å²) in [6.45, 7) is 13.4. The van der Waals surface area contributed by atoms with E-state index in [0.717, 1.165) is 84.2 Å². The van der Waals surface area contributed by atoms with Gasteiger partial charge in [-0.2, -0.15) is 0 Å². The van der Waals surface area contributed by atoms with Gasteiger partial charge in [-0.15, -0.1) is 0 Å². The first kappa shape index (κ1) is 22.5. The van der Waals surface area contributed by atoms with Crippen molar-refractivity contribution in [2.75, 3.05) is 71.0 Å². The highest BCUT2D eigenvalue weighted by molar-refractivity contribution is 5.79. The number of hydrogen-bond donors (Lipinski definition) is 2. The Morgan fingerprint density at radius 1 is 1.07 bits per heavy atom. The van der Waals surface area contributed by atoms with Crippen LogP contribution in [-0.2, 0) is 4.74 Å². The number of guanidine groups is 1. The number of aryl methyl sites for hydroxylation is 1. The van der Waals surface area contributed by atoms with Crippen molar-refractivity contribution in [2.24, 2.45) is 4.99 Å². The van der Waals surface area contributed by atoms with Crippen LogP contribution in [-0.4, -0.2) is 76.9 Å². The highest BCUT2D eigenvalue weighted by atomic mass is 16.5. The van der Waals surface area contributed by atoms with Crippen molar-refractivity contribution in [1.29, 1.82) is 0 Å². The van der Waals surface area contributed by atoms with Crippen molar-refractivity contribution < 1.29 is 4.74 Å². The molecule has 2 rings (SSSR count). The van der Waals surface area contributed by atoms with Gasteiger partial charge >= 0.3 is 0 Å². The SMILES string of the molecule is CCOCCCCNC(=NC)NCCCN1CCN(c2cccc(C)c2)CC1. The monoisotopic (exact) mass is 389 g/mol. The topological polar surface area (TPSA) is 52.1 Å². The third kappa shape index (κ3) is 8.48. The van der Waals surface area contributed by atoms with Gasteiger partial charge in [0.05, 0.1) is 0 Å². The van der Waals surface area contributed by atoms with Crippen molar-refractivity contribution in [2.45, 2.75) is 33.1 Å². The van der Waals surface area contributed by atoms with Crippen LogP contribution in [0.5, 0.6) is 0 Å². The van der Waals surface area contributed by atoms with Crippen molar-refractivity contribution >= 4 is 11.6 Å². The Morgan fingerprint density at radius 3 is 2.50 bits per heavy atom. The quantitative estimate of drug-likeness (QED) is 0.346. The van der Waals surface area contributed by atoms with E-state index in [2.05, 4.69) is 56.6 Å². The highest BCUT2D eigenvalue weighted by Gasteiger charge is 2.16. The lowest BCUT2D eigenvalue weighted by Gasteiger charge is -2.36. The molecule has 1 aromatic carbocycles. The first-order valence-electron chi connectivity index (χ1n) is 10.8. The van der Waals surface area contributed by atoms with Gasteiger partial charge in [0.1, 0.15) is 0 Å². The molecule has 1 aromatic rings. The fourth-order valence-electron chi connectivity index (χ4n) is 3.46. The highest BCUT2D eigenvalue weighted by Crippen LogP contribution is 2.17.